The molecule has 0 saturated heterocycles. The lowest BCUT2D eigenvalue weighted by Crippen LogP contribution is -2.25. The zero-order valence-electron chi connectivity index (χ0n) is 11.5. The molecule has 2 aliphatic carbocycles. The number of rotatable bonds is 6. The molecular weight excluding hydrogens is 236 g/mol. The highest BCUT2D eigenvalue weighted by molar-refractivity contribution is 5.94. The van der Waals surface area contributed by atoms with Gasteiger partial charge in [-0.15, -0.1) is 0 Å². The van der Waals surface area contributed by atoms with Gasteiger partial charge in [0.05, 0.1) is 0 Å². The average molecular weight is 258 g/mol. The van der Waals surface area contributed by atoms with Gasteiger partial charge in [-0.2, -0.15) is 0 Å². The average Bonchev–Trinajstić information content (AvgIpc) is 3.29. The van der Waals surface area contributed by atoms with Gasteiger partial charge in [0, 0.05) is 23.3 Å². The quantitative estimate of drug-likeness (QED) is 0.823. The van der Waals surface area contributed by atoms with E-state index in [4.69, 9.17) is 0 Å². The predicted molar refractivity (Wildman–Crippen MR) is 77.4 cm³/mol. The Morgan fingerprint density at radius 1 is 1.21 bits per heavy atom. The number of carbonyl (C=O) groups is 1. The van der Waals surface area contributed by atoms with E-state index < -0.39 is 0 Å². The number of benzene rings is 1. The van der Waals surface area contributed by atoms with Crippen LogP contribution in [0.15, 0.2) is 24.3 Å². The molecule has 2 aliphatic rings. The Kier molecular flexibility index (Phi) is 3.45. The highest BCUT2D eigenvalue weighted by Gasteiger charge is 2.29. The van der Waals surface area contributed by atoms with Crippen molar-refractivity contribution in [1.82, 2.24) is 5.32 Å². The molecule has 2 fully saturated rings. The van der Waals surface area contributed by atoms with E-state index in [0.717, 1.165) is 36.4 Å². The summed E-state index contributed by atoms with van der Waals surface area (Å²) in [7, 11) is 0. The van der Waals surface area contributed by atoms with Gasteiger partial charge in [0.25, 0.3) is 5.91 Å². The molecule has 0 spiro atoms. The van der Waals surface area contributed by atoms with Gasteiger partial charge in [-0.05, 0) is 62.3 Å². The number of anilines is 1. The molecular formula is C16H22N2O. The van der Waals surface area contributed by atoms with Crippen LogP contribution in [0.25, 0.3) is 0 Å². The Balaban J connectivity index is 1.59. The molecule has 1 aromatic rings. The van der Waals surface area contributed by atoms with Crippen molar-refractivity contribution in [2.75, 3.05) is 5.32 Å². The van der Waals surface area contributed by atoms with E-state index in [2.05, 4.69) is 17.6 Å². The first-order valence-electron chi connectivity index (χ1n) is 7.43. The van der Waals surface area contributed by atoms with Crippen LogP contribution < -0.4 is 10.6 Å². The van der Waals surface area contributed by atoms with Crippen molar-refractivity contribution in [2.45, 2.75) is 51.1 Å². The zero-order valence-corrected chi connectivity index (χ0v) is 11.5. The van der Waals surface area contributed by atoms with E-state index in [1.165, 1.54) is 12.8 Å². The first-order chi connectivity index (χ1) is 9.26. The normalized spacial score (nSPS) is 19.8. The lowest BCUT2D eigenvalue weighted by molar-refractivity contribution is 0.0951. The molecule has 3 nitrogen and oxygen atoms in total. The fraction of sp³-hybridized carbons (Fsp3) is 0.562. The van der Waals surface area contributed by atoms with Crippen LogP contribution in [0, 0.1) is 5.92 Å². The summed E-state index contributed by atoms with van der Waals surface area (Å²) in [5.74, 6) is 0.908. The number of hydrogen-bond acceptors (Lipinski definition) is 2. The Labute approximate surface area is 114 Å². The van der Waals surface area contributed by atoms with E-state index in [1.807, 2.05) is 24.3 Å². The van der Waals surface area contributed by atoms with Crippen molar-refractivity contribution in [1.29, 1.82) is 0 Å². The Bertz CT molecular complexity index is 446. The predicted octanol–water partition coefficient (Wildman–Crippen LogP) is 3.18. The second-order valence-corrected chi connectivity index (χ2v) is 5.82. The van der Waals surface area contributed by atoms with Crippen LogP contribution in [-0.4, -0.2) is 18.0 Å². The van der Waals surface area contributed by atoms with Gasteiger partial charge in [-0.1, -0.05) is 6.92 Å². The molecule has 2 saturated carbocycles. The van der Waals surface area contributed by atoms with Gasteiger partial charge in [-0.3, -0.25) is 4.79 Å². The van der Waals surface area contributed by atoms with Crippen LogP contribution >= 0.6 is 0 Å². The number of hydrogen-bond donors (Lipinski definition) is 2. The van der Waals surface area contributed by atoms with Gasteiger partial charge >= 0.3 is 0 Å². The second-order valence-electron chi connectivity index (χ2n) is 5.82. The minimum atomic E-state index is 0.0586. The van der Waals surface area contributed by atoms with Crippen LogP contribution in [0.3, 0.4) is 0 Å². The highest BCUT2D eigenvalue weighted by Crippen LogP contribution is 2.35. The maximum absolute atomic E-state index is 11.9. The lowest BCUT2D eigenvalue weighted by atomic mass is 10.1. The number of nitrogens with one attached hydrogen (secondary N) is 2. The fourth-order valence-corrected chi connectivity index (χ4v) is 2.48. The molecule has 1 atom stereocenters. The van der Waals surface area contributed by atoms with Crippen molar-refractivity contribution in [2.24, 2.45) is 5.92 Å². The Morgan fingerprint density at radius 2 is 1.89 bits per heavy atom. The highest BCUT2D eigenvalue weighted by atomic mass is 16.1. The zero-order chi connectivity index (χ0) is 13.2. The van der Waals surface area contributed by atoms with Gasteiger partial charge in [0.2, 0.25) is 0 Å². The third-order valence-electron chi connectivity index (χ3n) is 4.04. The summed E-state index contributed by atoms with van der Waals surface area (Å²) in [6.45, 7) is 2.23. The van der Waals surface area contributed by atoms with Crippen LogP contribution in [0.1, 0.15) is 49.4 Å². The maximum Gasteiger partial charge on any atom is 0.251 e. The third kappa shape index (κ3) is 3.28. The molecule has 3 heteroatoms. The summed E-state index contributed by atoms with van der Waals surface area (Å²) >= 11 is 0. The van der Waals surface area contributed by atoms with E-state index in [0.29, 0.717) is 12.1 Å². The first-order valence-corrected chi connectivity index (χ1v) is 7.43. The topological polar surface area (TPSA) is 41.1 Å². The minimum absolute atomic E-state index is 0.0586. The standard InChI is InChI=1S/C16H22N2O/c1-2-15(11-3-4-11)17-13-7-5-12(6-8-13)16(19)18-14-9-10-14/h5-8,11,14-15,17H,2-4,9-10H2,1H3,(H,18,19). The molecule has 102 valence electrons. The van der Waals surface area contributed by atoms with E-state index in [1.54, 1.807) is 0 Å². The van der Waals surface area contributed by atoms with Gasteiger partial charge < -0.3 is 10.6 Å². The van der Waals surface area contributed by atoms with E-state index in [-0.39, 0.29) is 5.91 Å². The smallest absolute Gasteiger partial charge is 0.251 e. The van der Waals surface area contributed by atoms with Crippen molar-refractivity contribution in [3.63, 3.8) is 0 Å². The summed E-state index contributed by atoms with van der Waals surface area (Å²) in [6, 6.07) is 8.88. The van der Waals surface area contributed by atoms with Crippen LogP contribution in [0.4, 0.5) is 5.69 Å². The van der Waals surface area contributed by atoms with Crippen LogP contribution in [0.2, 0.25) is 0 Å². The van der Waals surface area contributed by atoms with Gasteiger partial charge in [0.1, 0.15) is 0 Å². The second kappa shape index (κ2) is 5.24. The molecule has 2 N–H and O–H groups in total. The van der Waals surface area contributed by atoms with Crippen LogP contribution in [-0.2, 0) is 0 Å². The summed E-state index contributed by atoms with van der Waals surface area (Å²) in [4.78, 5) is 11.9. The molecule has 1 aromatic carbocycles. The Hall–Kier alpha value is -1.51. The van der Waals surface area contributed by atoms with Gasteiger partial charge in [0.15, 0.2) is 0 Å². The minimum Gasteiger partial charge on any atom is -0.382 e. The van der Waals surface area contributed by atoms with Gasteiger partial charge in [-0.25, -0.2) is 0 Å². The molecule has 0 aromatic heterocycles. The monoisotopic (exact) mass is 258 g/mol. The van der Waals surface area contributed by atoms with Crippen molar-refractivity contribution >= 4 is 11.6 Å². The molecule has 1 amide bonds. The summed E-state index contributed by atoms with van der Waals surface area (Å²) in [5, 5.41) is 6.59. The molecule has 0 radical (unpaired) electrons. The largest absolute Gasteiger partial charge is 0.382 e. The lowest BCUT2D eigenvalue weighted by Gasteiger charge is -2.17. The molecule has 1 unspecified atom stereocenters. The van der Waals surface area contributed by atoms with E-state index in [9.17, 15) is 4.79 Å². The summed E-state index contributed by atoms with van der Waals surface area (Å²) in [6.07, 6.45) is 6.13. The maximum atomic E-state index is 11.9. The molecule has 0 heterocycles. The first kappa shape index (κ1) is 12.5. The fourth-order valence-electron chi connectivity index (χ4n) is 2.48. The SMILES string of the molecule is CCC(Nc1ccc(C(=O)NC2CC2)cc1)C1CC1. The van der Waals surface area contributed by atoms with E-state index >= 15 is 0 Å². The Morgan fingerprint density at radius 3 is 2.42 bits per heavy atom. The summed E-state index contributed by atoms with van der Waals surface area (Å²) < 4.78 is 0. The molecule has 19 heavy (non-hydrogen) atoms. The van der Waals surface area contributed by atoms with Crippen molar-refractivity contribution in [3.8, 4) is 0 Å². The molecule has 0 bridgehead atoms. The van der Waals surface area contributed by atoms with Crippen molar-refractivity contribution in [3.05, 3.63) is 29.8 Å². The van der Waals surface area contributed by atoms with Crippen molar-refractivity contribution < 1.29 is 4.79 Å². The summed E-state index contributed by atoms with van der Waals surface area (Å²) in [5.41, 5.74) is 1.89. The molecule has 3 rings (SSSR count). The third-order valence-corrected chi connectivity index (χ3v) is 4.04. The molecule has 0 aliphatic heterocycles. The number of carbonyl (C=O) groups excluding carboxylic acids is 1. The number of amides is 1. The van der Waals surface area contributed by atoms with Crippen LogP contribution in [0.5, 0.6) is 0 Å².